The number of hydrogen-bond donors (Lipinski definition) is 1. The van der Waals surface area contributed by atoms with Crippen LogP contribution in [0.15, 0.2) is 24.4 Å². The molecule has 5 heteroatoms. The van der Waals surface area contributed by atoms with Crippen molar-refractivity contribution in [3.8, 4) is 0 Å². The second kappa shape index (κ2) is 6.14. The Kier molecular flexibility index (Phi) is 4.83. The molecule has 0 aliphatic heterocycles. The summed E-state index contributed by atoms with van der Waals surface area (Å²) in [6.07, 6.45) is 1.66. The lowest BCUT2D eigenvalue weighted by molar-refractivity contribution is -0.148. The van der Waals surface area contributed by atoms with Crippen molar-refractivity contribution >= 4 is 11.9 Å². The first-order chi connectivity index (χ1) is 8.43. The monoisotopic (exact) mass is 250 g/mol. The molecule has 0 aliphatic carbocycles. The number of rotatable bonds is 5. The molecule has 1 heterocycles. The molecule has 0 aromatic carbocycles. The third-order valence-corrected chi connectivity index (χ3v) is 3.03. The molecule has 98 valence electrons. The van der Waals surface area contributed by atoms with E-state index < -0.39 is 17.8 Å². The molecule has 1 aromatic rings. The zero-order valence-electron chi connectivity index (χ0n) is 10.8. The van der Waals surface area contributed by atoms with E-state index in [1.807, 2.05) is 12.1 Å². The Morgan fingerprint density at radius 1 is 1.33 bits per heavy atom. The number of aliphatic carboxylic acids is 1. The third kappa shape index (κ3) is 3.55. The molecule has 1 aromatic heterocycles. The number of carboxylic acids is 1. The maximum Gasteiger partial charge on any atom is 0.307 e. The molecule has 0 fully saturated rings. The largest absolute Gasteiger partial charge is 0.481 e. The van der Waals surface area contributed by atoms with E-state index in [2.05, 4.69) is 4.98 Å². The van der Waals surface area contributed by atoms with Crippen LogP contribution in [-0.2, 0) is 16.1 Å². The van der Waals surface area contributed by atoms with E-state index in [0.29, 0.717) is 6.54 Å². The van der Waals surface area contributed by atoms with Gasteiger partial charge >= 0.3 is 5.97 Å². The second-order valence-electron chi connectivity index (χ2n) is 4.43. The summed E-state index contributed by atoms with van der Waals surface area (Å²) in [7, 11) is 1.65. The van der Waals surface area contributed by atoms with Gasteiger partial charge in [-0.05, 0) is 12.1 Å². The van der Waals surface area contributed by atoms with Crippen LogP contribution in [0.4, 0.5) is 0 Å². The lowest BCUT2D eigenvalue weighted by Crippen LogP contribution is -2.36. The van der Waals surface area contributed by atoms with Gasteiger partial charge in [-0.3, -0.25) is 14.6 Å². The summed E-state index contributed by atoms with van der Waals surface area (Å²) in [4.78, 5) is 28.5. The Hall–Kier alpha value is -1.91. The first-order valence-electron chi connectivity index (χ1n) is 5.81. The van der Waals surface area contributed by atoms with Gasteiger partial charge in [0.1, 0.15) is 0 Å². The predicted molar refractivity (Wildman–Crippen MR) is 66.7 cm³/mol. The normalized spacial score (nSPS) is 13.7. The number of hydrogen-bond acceptors (Lipinski definition) is 3. The van der Waals surface area contributed by atoms with Crippen molar-refractivity contribution in [1.82, 2.24) is 9.88 Å². The van der Waals surface area contributed by atoms with E-state index >= 15 is 0 Å². The molecular weight excluding hydrogens is 232 g/mol. The van der Waals surface area contributed by atoms with E-state index in [1.54, 1.807) is 33.2 Å². The lowest BCUT2D eigenvalue weighted by Gasteiger charge is -2.23. The van der Waals surface area contributed by atoms with Crippen molar-refractivity contribution < 1.29 is 14.7 Å². The average molecular weight is 250 g/mol. The van der Waals surface area contributed by atoms with Crippen LogP contribution in [0.2, 0.25) is 0 Å². The van der Waals surface area contributed by atoms with Crippen LogP contribution in [-0.4, -0.2) is 33.9 Å². The molecule has 0 radical (unpaired) electrons. The van der Waals surface area contributed by atoms with E-state index in [1.165, 1.54) is 4.90 Å². The van der Waals surface area contributed by atoms with Crippen LogP contribution in [0.5, 0.6) is 0 Å². The third-order valence-electron chi connectivity index (χ3n) is 3.03. The average Bonchev–Trinajstić information content (AvgIpc) is 2.37. The van der Waals surface area contributed by atoms with E-state index in [-0.39, 0.29) is 5.91 Å². The van der Waals surface area contributed by atoms with E-state index in [4.69, 9.17) is 5.11 Å². The van der Waals surface area contributed by atoms with E-state index in [9.17, 15) is 9.59 Å². The predicted octanol–water partition coefficient (Wildman–Crippen LogP) is 1.40. The SMILES string of the molecule is CC(C(=O)O)C(C)C(=O)N(C)Cc1ccccn1. The Morgan fingerprint density at radius 2 is 2.00 bits per heavy atom. The van der Waals surface area contributed by atoms with Crippen molar-refractivity contribution in [2.24, 2.45) is 11.8 Å². The molecule has 0 spiro atoms. The van der Waals surface area contributed by atoms with Gasteiger partial charge in [-0.2, -0.15) is 0 Å². The summed E-state index contributed by atoms with van der Waals surface area (Å²) in [5.41, 5.74) is 0.781. The van der Waals surface area contributed by atoms with Gasteiger partial charge < -0.3 is 10.0 Å². The lowest BCUT2D eigenvalue weighted by atomic mass is 9.95. The minimum atomic E-state index is -0.956. The maximum atomic E-state index is 12.0. The number of nitrogens with zero attached hydrogens (tertiary/aromatic N) is 2. The quantitative estimate of drug-likeness (QED) is 0.857. The molecule has 1 N–H and O–H groups in total. The minimum absolute atomic E-state index is 0.185. The molecule has 1 amide bonds. The number of pyridine rings is 1. The first-order valence-corrected chi connectivity index (χ1v) is 5.81. The molecule has 0 saturated carbocycles. The van der Waals surface area contributed by atoms with Crippen molar-refractivity contribution in [2.75, 3.05) is 7.05 Å². The molecular formula is C13H18N2O3. The highest BCUT2D eigenvalue weighted by Crippen LogP contribution is 2.15. The van der Waals surface area contributed by atoms with Gasteiger partial charge in [-0.15, -0.1) is 0 Å². The van der Waals surface area contributed by atoms with Crippen molar-refractivity contribution in [2.45, 2.75) is 20.4 Å². The maximum absolute atomic E-state index is 12.0. The minimum Gasteiger partial charge on any atom is -0.481 e. The van der Waals surface area contributed by atoms with Crippen LogP contribution < -0.4 is 0 Å². The van der Waals surface area contributed by atoms with Crippen LogP contribution in [0.25, 0.3) is 0 Å². The van der Waals surface area contributed by atoms with Gasteiger partial charge in [0.25, 0.3) is 0 Å². The molecule has 0 bridgehead atoms. The summed E-state index contributed by atoms with van der Waals surface area (Å²) in [6.45, 7) is 3.56. The molecule has 1 rings (SSSR count). The second-order valence-corrected chi connectivity index (χ2v) is 4.43. The van der Waals surface area contributed by atoms with Crippen LogP contribution in [0.3, 0.4) is 0 Å². The van der Waals surface area contributed by atoms with Gasteiger partial charge in [0.2, 0.25) is 5.91 Å². The zero-order valence-corrected chi connectivity index (χ0v) is 10.8. The van der Waals surface area contributed by atoms with Crippen molar-refractivity contribution in [3.05, 3.63) is 30.1 Å². The Labute approximate surface area is 106 Å². The molecule has 2 atom stereocenters. The number of carbonyl (C=O) groups excluding carboxylic acids is 1. The molecule has 5 nitrogen and oxygen atoms in total. The van der Waals surface area contributed by atoms with Crippen LogP contribution in [0, 0.1) is 11.8 Å². The fraction of sp³-hybridized carbons (Fsp3) is 0.462. The molecule has 18 heavy (non-hydrogen) atoms. The van der Waals surface area contributed by atoms with Crippen LogP contribution in [0.1, 0.15) is 19.5 Å². The topological polar surface area (TPSA) is 70.5 Å². The Balaban J connectivity index is 2.64. The van der Waals surface area contributed by atoms with Gasteiger partial charge in [0, 0.05) is 19.2 Å². The van der Waals surface area contributed by atoms with Crippen LogP contribution >= 0.6 is 0 Å². The highest BCUT2D eigenvalue weighted by molar-refractivity contribution is 5.84. The highest BCUT2D eigenvalue weighted by atomic mass is 16.4. The first kappa shape index (κ1) is 14.2. The number of carbonyl (C=O) groups is 2. The summed E-state index contributed by atoms with van der Waals surface area (Å²) < 4.78 is 0. The number of carboxylic acid groups (broad SMARTS) is 1. The van der Waals surface area contributed by atoms with Crippen molar-refractivity contribution in [1.29, 1.82) is 0 Å². The number of aromatic nitrogens is 1. The van der Waals surface area contributed by atoms with E-state index in [0.717, 1.165) is 5.69 Å². The zero-order chi connectivity index (χ0) is 13.7. The molecule has 0 aliphatic rings. The van der Waals surface area contributed by atoms with Gasteiger partial charge in [0.05, 0.1) is 18.2 Å². The molecule has 2 unspecified atom stereocenters. The number of amides is 1. The van der Waals surface area contributed by atoms with Gasteiger partial charge in [-0.25, -0.2) is 0 Å². The summed E-state index contributed by atoms with van der Waals surface area (Å²) in [6, 6.07) is 5.49. The summed E-state index contributed by atoms with van der Waals surface area (Å²) >= 11 is 0. The standard InChI is InChI=1S/C13H18N2O3/c1-9(10(2)13(17)18)12(16)15(3)8-11-6-4-5-7-14-11/h4-7,9-10H,8H2,1-3H3,(H,17,18). The summed E-state index contributed by atoms with van der Waals surface area (Å²) in [5, 5.41) is 8.89. The summed E-state index contributed by atoms with van der Waals surface area (Å²) in [5.74, 6) is -2.38. The fourth-order valence-electron chi connectivity index (χ4n) is 1.59. The fourth-order valence-corrected chi connectivity index (χ4v) is 1.59. The Bertz CT molecular complexity index is 420. The highest BCUT2D eigenvalue weighted by Gasteiger charge is 2.28. The van der Waals surface area contributed by atoms with Crippen molar-refractivity contribution in [3.63, 3.8) is 0 Å². The van der Waals surface area contributed by atoms with Gasteiger partial charge in [-0.1, -0.05) is 19.9 Å². The Morgan fingerprint density at radius 3 is 2.50 bits per heavy atom. The van der Waals surface area contributed by atoms with Gasteiger partial charge in [0.15, 0.2) is 0 Å². The smallest absolute Gasteiger partial charge is 0.307 e. The molecule has 0 saturated heterocycles.